The SMILES string of the molecule is CSCC[C@H](NC(=O)c1ccc(CSC(=S)Nc2nccs2)cc1-c1ccccc1)C(=O)O. The first kappa shape index (κ1) is 25.2. The van der Waals surface area contributed by atoms with Crippen LogP contribution in [0.4, 0.5) is 5.13 Å². The molecule has 0 spiro atoms. The van der Waals surface area contributed by atoms with Gasteiger partial charge in [-0.2, -0.15) is 11.8 Å². The van der Waals surface area contributed by atoms with Gasteiger partial charge < -0.3 is 15.7 Å². The molecule has 0 unspecified atom stereocenters. The minimum absolute atomic E-state index is 0.362. The van der Waals surface area contributed by atoms with Crippen LogP contribution in [0.5, 0.6) is 0 Å². The number of nitrogens with zero attached hydrogens (tertiary/aromatic N) is 1. The maximum atomic E-state index is 13.0. The van der Waals surface area contributed by atoms with Crippen LogP contribution >= 0.6 is 47.1 Å². The molecule has 10 heteroatoms. The first-order valence-corrected chi connectivity index (χ1v) is 13.7. The predicted molar refractivity (Wildman–Crippen MR) is 143 cm³/mol. The summed E-state index contributed by atoms with van der Waals surface area (Å²) in [5.74, 6) is -0.173. The normalized spacial score (nSPS) is 11.5. The van der Waals surface area contributed by atoms with Crippen LogP contribution in [0.1, 0.15) is 22.3 Å². The molecule has 0 saturated heterocycles. The highest BCUT2D eigenvalue weighted by Crippen LogP contribution is 2.27. The van der Waals surface area contributed by atoms with Gasteiger partial charge in [-0.25, -0.2) is 9.78 Å². The molecule has 0 saturated carbocycles. The Bertz CT molecular complexity index is 1090. The van der Waals surface area contributed by atoms with Gasteiger partial charge in [0.25, 0.3) is 5.91 Å². The molecule has 0 aliphatic carbocycles. The average molecular weight is 518 g/mol. The summed E-state index contributed by atoms with van der Waals surface area (Å²) >= 11 is 9.90. The summed E-state index contributed by atoms with van der Waals surface area (Å²) in [7, 11) is 0. The molecule has 3 aromatic rings. The van der Waals surface area contributed by atoms with Gasteiger partial charge in [0.15, 0.2) is 5.13 Å². The molecule has 1 aromatic heterocycles. The molecule has 0 radical (unpaired) electrons. The number of thioether (sulfide) groups is 2. The smallest absolute Gasteiger partial charge is 0.326 e. The van der Waals surface area contributed by atoms with E-state index in [0.29, 0.717) is 27.8 Å². The number of rotatable bonds is 10. The Labute approximate surface area is 210 Å². The molecule has 1 amide bonds. The summed E-state index contributed by atoms with van der Waals surface area (Å²) < 4.78 is 0.617. The second kappa shape index (κ2) is 12.7. The van der Waals surface area contributed by atoms with Gasteiger partial charge in [0, 0.05) is 22.9 Å². The molecule has 3 rings (SSSR count). The maximum absolute atomic E-state index is 13.0. The van der Waals surface area contributed by atoms with Gasteiger partial charge in [-0.1, -0.05) is 60.4 Å². The van der Waals surface area contributed by atoms with Gasteiger partial charge in [-0.05, 0) is 47.3 Å². The van der Waals surface area contributed by atoms with E-state index >= 15 is 0 Å². The molecule has 0 bridgehead atoms. The van der Waals surface area contributed by atoms with Gasteiger partial charge in [-0.3, -0.25) is 4.79 Å². The van der Waals surface area contributed by atoms with E-state index in [4.69, 9.17) is 12.2 Å². The Balaban J connectivity index is 1.79. The molecule has 2 aromatic carbocycles. The van der Waals surface area contributed by atoms with Gasteiger partial charge >= 0.3 is 5.97 Å². The van der Waals surface area contributed by atoms with Crippen molar-refractivity contribution in [2.24, 2.45) is 0 Å². The van der Waals surface area contributed by atoms with Crippen LogP contribution in [0, 0.1) is 0 Å². The van der Waals surface area contributed by atoms with Crippen molar-refractivity contribution in [3.05, 3.63) is 71.2 Å². The molecular formula is C23H23N3O3S4. The van der Waals surface area contributed by atoms with Crippen LogP contribution in [-0.2, 0) is 10.5 Å². The number of nitrogens with one attached hydrogen (secondary N) is 2. The summed E-state index contributed by atoms with van der Waals surface area (Å²) in [6.07, 6.45) is 3.98. The lowest BCUT2D eigenvalue weighted by molar-refractivity contribution is -0.139. The lowest BCUT2D eigenvalue weighted by Crippen LogP contribution is -2.41. The standard InChI is InChI=1S/C23H23N3O3S4/c1-31-11-9-19(21(28)29)25-20(27)17-8-7-15(13-18(17)16-5-3-2-4-6-16)14-33-23(30)26-22-24-10-12-32-22/h2-8,10,12-13,19H,9,11,14H2,1H3,(H,25,27)(H,28,29)(H,24,26,30)/t19-/m0/s1. The molecular weight excluding hydrogens is 495 g/mol. The number of aromatic nitrogens is 1. The molecule has 172 valence electrons. The number of benzene rings is 2. The van der Waals surface area contributed by atoms with Crippen molar-refractivity contribution in [3.63, 3.8) is 0 Å². The summed E-state index contributed by atoms with van der Waals surface area (Å²) in [6.45, 7) is 0. The number of aliphatic carboxylic acids is 1. The number of hydrogen-bond acceptors (Lipinski definition) is 7. The number of thiazole rings is 1. The van der Waals surface area contributed by atoms with Crippen molar-refractivity contribution >= 4 is 68.4 Å². The highest BCUT2D eigenvalue weighted by molar-refractivity contribution is 8.22. The minimum atomic E-state index is -1.03. The first-order valence-electron chi connectivity index (χ1n) is 10.0. The van der Waals surface area contributed by atoms with Gasteiger partial charge in [0.1, 0.15) is 10.4 Å². The molecule has 3 N–H and O–H groups in total. The van der Waals surface area contributed by atoms with E-state index < -0.39 is 17.9 Å². The maximum Gasteiger partial charge on any atom is 0.326 e. The third-order valence-electron chi connectivity index (χ3n) is 4.64. The van der Waals surface area contributed by atoms with Crippen LogP contribution in [0.2, 0.25) is 0 Å². The Kier molecular flexibility index (Phi) is 9.74. The first-order chi connectivity index (χ1) is 16.0. The van der Waals surface area contributed by atoms with E-state index in [2.05, 4.69) is 15.6 Å². The summed E-state index contributed by atoms with van der Waals surface area (Å²) in [6, 6.07) is 14.2. The quantitative estimate of drug-likeness (QED) is 0.309. The Morgan fingerprint density at radius 2 is 2.00 bits per heavy atom. The lowest BCUT2D eigenvalue weighted by atomic mass is 9.97. The Morgan fingerprint density at radius 1 is 1.21 bits per heavy atom. The largest absolute Gasteiger partial charge is 0.480 e. The molecule has 6 nitrogen and oxygen atoms in total. The molecule has 1 atom stereocenters. The van der Waals surface area contributed by atoms with E-state index in [1.54, 1.807) is 24.0 Å². The van der Waals surface area contributed by atoms with Gasteiger partial charge in [-0.15, -0.1) is 11.3 Å². The molecule has 1 heterocycles. The average Bonchev–Trinajstić information content (AvgIpc) is 3.33. The topological polar surface area (TPSA) is 91.3 Å². The number of carbonyl (C=O) groups excluding carboxylic acids is 1. The molecule has 0 aliphatic rings. The number of carboxylic acids is 1. The second-order valence-corrected chi connectivity index (χ2v) is 10.5. The van der Waals surface area contributed by atoms with Gasteiger partial charge in [0.05, 0.1) is 0 Å². The van der Waals surface area contributed by atoms with Crippen molar-refractivity contribution in [3.8, 4) is 11.1 Å². The summed E-state index contributed by atoms with van der Waals surface area (Å²) in [5, 5.41) is 17.9. The lowest BCUT2D eigenvalue weighted by Gasteiger charge is -2.17. The number of carboxylic acid groups (broad SMARTS) is 1. The third-order valence-corrected chi connectivity index (χ3v) is 7.27. The van der Waals surface area contributed by atoms with Crippen LogP contribution in [0.25, 0.3) is 11.1 Å². The van der Waals surface area contributed by atoms with E-state index in [1.807, 2.05) is 54.1 Å². The van der Waals surface area contributed by atoms with Crippen molar-refractivity contribution in [1.29, 1.82) is 0 Å². The fourth-order valence-corrected chi connectivity index (χ4v) is 5.08. The Hall–Kier alpha value is -2.40. The van der Waals surface area contributed by atoms with E-state index in [1.165, 1.54) is 23.1 Å². The molecule has 0 fully saturated rings. The van der Waals surface area contributed by atoms with E-state index in [9.17, 15) is 14.7 Å². The number of hydrogen-bond donors (Lipinski definition) is 3. The highest BCUT2D eigenvalue weighted by Gasteiger charge is 2.22. The zero-order valence-corrected chi connectivity index (χ0v) is 21.1. The summed E-state index contributed by atoms with van der Waals surface area (Å²) in [5.41, 5.74) is 3.07. The molecule has 0 aliphatic heterocycles. The van der Waals surface area contributed by atoms with Crippen molar-refractivity contribution in [1.82, 2.24) is 10.3 Å². The van der Waals surface area contributed by atoms with Gasteiger partial charge in [0.2, 0.25) is 0 Å². The number of thiocarbonyl (C=S) groups is 1. The zero-order valence-electron chi connectivity index (χ0n) is 17.8. The van der Waals surface area contributed by atoms with Crippen molar-refractivity contribution in [2.45, 2.75) is 18.2 Å². The third kappa shape index (κ3) is 7.56. The van der Waals surface area contributed by atoms with E-state index in [-0.39, 0.29) is 0 Å². The zero-order chi connectivity index (χ0) is 23.6. The second-order valence-electron chi connectivity index (χ2n) is 6.93. The molecule has 33 heavy (non-hydrogen) atoms. The minimum Gasteiger partial charge on any atom is -0.480 e. The van der Waals surface area contributed by atoms with Crippen LogP contribution < -0.4 is 10.6 Å². The van der Waals surface area contributed by atoms with Crippen molar-refractivity contribution in [2.75, 3.05) is 17.3 Å². The van der Waals surface area contributed by atoms with Crippen molar-refractivity contribution < 1.29 is 14.7 Å². The number of amides is 1. The Morgan fingerprint density at radius 3 is 2.67 bits per heavy atom. The van der Waals surface area contributed by atoms with Crippen LogP contribution in [0.3, 0.4) is 0 Å². The fourth-order valence-electron chi connectivity index (χ4n) is 3.02. The summed E-state index contributed by atoms with van der Waals surface area (Å²) in [4.78, 5) is 28.8. The fraction of sp³-hybridized carbons (Fsp3) is 0.217. The number of carbonyl (C=O) groups is 2. The van der Waals surface area contributed by atoms with Crippen LogP contribution in [0.15, 0.2) is 60.1 Å². The van der Waals surface area contributed by atoms with Crippen LogP contribution in [-0.4, -0.2) is 44.3 Å². The number of anilines is 1. The highest BCUT2D eigenvalue weighted by atomic mass is 32.2. The van der Waals surface area contributed by atoms with E-state index in [0.717, 1.165) is 21.8 Å². The monoisotopic (exact) mass is 517 g/mol. The predicted octanol–water partition coefficient (Wildman–Crippen LogP) is 5.38.